The molecule has 1 aromatic heterocycles. The van der Waals surface area contributed by atoms with Crippen molar-refractivity contribution in [1.82, 2.24) is 9.97 Å². The van der Waals surface area contributed by atoms with Crippen LogP contribution in [0.4, 0.5) is 11.6 Å². The lowest BCUT2D eigenvalue weighted by Gasteiger charge is -2.21. The summed E-state index contributed by atoms with van der Waals surface area (Å²) in [5, 5.41) is 6.47. The summed E-state index contributed by atoms with van der Waals surface area (Å²) in [5.41, 5.74) is 0. The van der Waals surface area contributed by atoms with Gasteiger partial charge in [0.25, 0.3) is 0 Å². The molecule has 100 valence electrons. The molecule has 0 unspecified atom stereocenters. The third-order valence-corrected chi connectivity index (χ3v) is 3.68. The minimum absolute atomic E-state index is 0.807. The van der Waals surface area contributed by atoms with Gasteiger partial charge in [0.15, 0.2) is 0 Å². The van der Waals surface area contributed by atoms with E-state index < -0.39 is 0 Å². The molecule has 4 nitrogen and oxygen atoms in total. The average molecular weight is 248 g/mol. The minimum Gasteiger partial charge on any atom is -0.373 e. The van der Waals surface area contributed by atoms with Crippen LogP contribution in [0.15, 0.2) is 6.07 Å². The number of aromatic nitrogens is 2. The van der Waals surface area contributed by atoms with Gasteiger partial charge in [-0.05, 0) is 19.3 Å². The predicted molar refractivity (Wildman–Crippen MR) is 76.0 cm³/mol. The van der Waals surface area contributed by atoms with Crippen LogP contribution in [0.2, 0.25) is 0 Å². The Labute approximate surface area is 110 Å². The van der Waals surface area contributed by atoms with E-state index >= 15 is 0 Å². The molecule has 4 heteroatoms. The van der Waals surface area contributed by atoms with E-state index in [0.29, 0.717) is 0 Å². The van der Waals surface area contributed by atoms with Crippen molar-refractivity contribution in [3.63, 3.8) is 0 Å². The van der Waals surface area contributed by atoms with Gasteiger partial charge in [-0.2, -0.15) is 0 Å². The number of anilines is 2. The molecule has 2 rings (SSSR count). The van der Waals surface area contributed by atoms with E-state index in [1.54, 1.807) is 0 Å². The van der Waals surface area contributed by atoms with Crippen LogP contribution in [0.3, 0.4) is 0 Å². The number of nitrogens with one attached hydrogen (secondary N) is 2. The highest BCUT2D eigenvalue weighted by Gasteiger charge is 2.12. The normalized spacial score (nSPS) is 16.6. The van der Waals surface area contributed by atoms with Gasteiger partial charge < -0.3 is 10.6 Å². The molecule has 0 spiro atoms. The molecule has 1 aliphatic rings. The van der Waals surface area contributed by atoms with E-state index in [0.717, 1.165) is 29.9 Å². The lowest BCUT2D eigenvalue weighted by atomic mass is 9.87. The van der Waals surface area contributed by atoms with Crippen LogP contribution in [0.1, 0.15) is 44.3 Å². The van der Waals surface area contributed by atoms with Crippen LogP contribution in [0.5, 0.6) is 0 Å². The monoisotopic (exact) mass is 248 g/mol. The van der Waals surface area contributed by atoms with E-state index in [9.17, 15) is 0 Å². The molecule has 0 saturated heterocycles. The minimum atomic E-state index is 0.807. The van der Waals surface area contributed by atoms with Crippen molar-refractivity contribution in [3.05, 3.63) is 11.9 Å². The Balaban J connectivity index is 1.80. The number of hydrogen-bond donors (Lipinski definition) is 2. The van der Waals surface area contributed by atoms with Gasteiger partial charge in [-0.15, -0.1) is 0 Å². The van der Waals surface area contributed by atoms with E-state index in [1.165, 1.54) is 38.5 Å². The van der Waals surface area contributed by atoms with Gasteiger partial charge >= 0.3 is 0 Å². The molecule has 2 N–H and O–H groups in total. The van der Waals surface area contributed by atoms with Gasteiger partial charge in [0, 0.05) is 19.7 Å². The van der Waals surface area contributed by atoms with Crippen molar-refractivity contribution < 1.29 is 0 Å². The zero-order chi connectivity index (χ0) is 12.8. The Morgan fingerprint density at radius 1 is 1.17 bits per heavy atom. The topological polar surface area (TPSA) is 49.8 Å². The van der Waals surface area contributed by atoms with Crippen molar-refractivity contribution in [2.45, 2.75) is 45.4 Å². The van der Waals surface area contributed by atoms with Crippen molar-refractivity contribution in [2.75, 3.05) is 24.2 Å². The maximum absolute atomic E-state index is 4.40. The van der Waals surface area contributed by atoms with Crippen molar-refractivity contribution in [1.29, 1.82) is 0 Å². The van der Waals surface area contributed by atoms with Gasteiger partial charge in [-0.3, -0.25) is 0 Å². The van der Waals surface area contributed by atoms with Crippen LogP contribution >= 0.6 is 0 Å². The highest BCUT2D eigenvalue weighted by Crippen LogP contribution is 2.26. The zero-order valence-corrected chi connectivity index (χ0v) is 11.5. The first-order valence-corrected chi connectivity index (χ1v) is 7.05. The quantitative estimate of drug-likeness (QED) is 0.840. The maximum Gasteiger partial charge on any atom is 0.131 e. The molecule has 0 amide bonds. The molecular weight excluding hydrogens is 224 g/mol. The Morgan fingerprint density at radius 3 is 2.61 bits per heavy atom. The molecule has 1 aromatic rings. The van der Waals surface area contributed by atoms with Gasteiger partial charge in [0.05, 0.1) is 0 Å². The molecule has 0 atom stereocenters. The van der Waals surface area contributed by atoms with E-state index in [2.05, 4.69) is 20.6 Å². The summed E-state index contributed by atoms with van der Waals surface area (Å²) >= 11 is 0. The summed E-state index contributed by atoms with van der Waals surface area (Å²) < 4.78 is 0. The molecule has 0 radical (unpaired) electrons. The van der Waals surface area contributed by atoms with E-state index in [4.69, 9.17) is 0 Å². The number of nitrogens with zero attached hydrogens (tertiary/aromatic N) is 2. The lowest BCUT2D eigenvalue weighted by molar-refractivity contribution is 0.345. The second-order valence-corrected chi connectivity index (χ2v) is 5.16. The van der Waals surface area contributed by atoms with Crippen molar-refractivity contribution >= 4 is 11.6 Å². The third kappa shape index (κ3) is 3.86. The smallest absolute Gasteiger partial charge is 0.131 e. The molecule has 0 bridgehead atoms. The Morgan fingerprint density at radius 2 is 1.89 bits per heavy atom. The molecule has 0 aliphatic heterocycles. The van der Waals surface area contributed by atoms with Crippen LogP contribution in [-0.4, -0.2) is 23.6 Å². The fraction of sp³-hybridized carbons (Fsp3) is 0.714. The Hall–Kier alpha value is -1.32. The first-order chi connectivity index (χ1) is 8.78. The Kier molecular flexibility index (Phi) is 4.79. The fourth-order valence-electron chi connectivity index (χ4n) is 2.67. The largest absolute Gasteiger partial charge is 0.373 e. The second-order valence-electron chi connectivity index (χ2n) is 5.16. The number of hydrogen-bond acceptors (Lipinski definition) is 4. The lowest BCUT2D eigenvalue weighted by Crippen LogP contribution is -2.13. The third-order valence-electron chi connectivity index (χ3n) is 3.68. The van der Waals surface area contributed by atoms with Crippen LogP contribution in [-0.2, 0) is 0 Å². The van der Waals surface area contributed by atoms with Gasteiger partial charge in [-0.1, -0.05) is 32.1 Å². The molecular formula is C14H24N4. The maximum atomic E-state index is 4.40. The van der Waals surface area contributed by atoms with E-state index in [-0.39, 0.29) is 0 Å². The first kappa shape index (κ1) is 13.1. The average Bonchev–Trinajstić information content (AvgIpc) is 2.39. The fourth-order valence-corrected chi connectivity index (χ4v) is 2.67. The summed E-state index contributed by atoms with van der Waals surface area (Å²) in [6.07, 6.45) is 8.35. The first-order valence-electron chi connectivity index (χ1n) is 7.05. The van der Waals surface area contributed by atoms with Crippen LogP contribution in [0, 0.1) is 12.8 Å². The summed E-state index contributed by atoms with van der Waals surface area (Å²) in [4.78, 5) is 8.69. The van der Waals surface area contributed by atoms with Crippen molar-refractivity contribution in [3.8, 4) is 0 Å². The standard InChI is InChI=1S/C14H24N4/c1-11-17-13(15-2)10-14(18-11)16-9-8-12-6-4-3-5-7-12/h10,12H,3-9H2,1-2H3,(H2,15,16,17,18). The molecule has 1 saturated carbocycles. The summed E-state index contributed by atoms with van der Waals surface area (Å²) in [7, 11) is 1.88. The number of rotatable bonds is 5. The number of aryl methyl sites for hydroxylation is 1. The van der Waals surface area contributed by atoms with Crippen LogP contribution < -0.4 is 10.6 Å². The van der Waals surface area contributed by atoms with Gasteiger partial charge in [-0.25, -0.2) is 9.97 Å². The Bertz CT molecular complexity index is 372. The SMILES string of the molecule is CNc1cc(NCCC2CCCCC2)nc(C)n1. The highest BCUT2D eigenvalue weighted by molar-refractivity contribution is 5.46. The molecule has 18 heavy (non-hydrogen) atoms. The molecule has 1 heterocycles. The van der Waals surface area contributed by atoms with Gasteiger partial charge in [0.1, 0.15) is 17.5 Å². The molecule has 0 aromatic carbocycles. The van der Waals surface area contributed by atoms with Crippen LogP contribution in [0.25, 0.3) is 0 Å². The zero-order valence-electron chi connectivity index (χ0n) is 11.5. The predicted octanol–water partition coefficient (Wildman–Crippen LogP) is 3.21. The van der Waals surface area contributed by atoms with E-state index in [1.807, 2.05) is 20.0 Å². The molecule has 1 fully saturated rings. The summed E-state index contributed by atoms with van der Waals surface area (Å²) in [6, 6.07) is 1.97. The van der Waals surface area contributed by atoms with Crippen molar-refractivity contribution in [2.24, 2.45) is 5.92 Å². The summed E-state index contributed by atoms with van der Waals surface area (Å²) in [5.74, 6) is 3.53. The second kappa shape index (κ2) is 6.57. The molecule has 1 aliphatic carbocycles. The van der Waals surface area contributed by atoms with Gasteiger partial charge in [0.2, 0.25) is 0 Å². The summed E-state index contributed by atoms with van der Waals surface area (Å²) in [6.45, 7) is 2.94. The highest BCUT2D eigenvalue weighted by atomic mass is 15.1.